The molecule has 164 valence electrons. The van der Waals surface area contributed by atoms with E-state index < -0.39 is 11.6 Å². The van der Waals surface area contributed by atoms with Gasteiger partial charge in [-0.25, -0.2) is 14.8 Å². The van der Waals surface area contributed by atoms with E-state index in [4.69, 9.17) is 4.74 Å². The Labute approximate surface area is 179 Å². The first kappa shape index (κ1) is 22.6. The Morgan fingerprint density at radius 2 is 1.90 bits per heavy atom. The van der Waals surface area contributed by atoms with Gasteiger partial charge in [0.25, 0.3) is 0 Å². The first-order valence-corrected chi connectivity index (χ1v) is 10.9. The second kappa shape index (κ2) is 8.60. The topological polar surface area (TPSA) is 75.6 Å². The van der Waals surface area contributed by atoms with Gasteiger partial charge < -0.3 is 9.84 Å². The largest absolute Gasteiger partial charge is 0.479 e. The number of rotatable bonds is 6. The summed E-state index contributed by atoms with van der Waals surface area (Å²) in [5.41, 5.74) is 3.60. The van der Waals surface area contributed by atoms with Gasteiger partial charge in [0.1, 0.15) is 0 Å². The van der Waals surface area contributed by atoms with E-state index in [1.165, 1.54) is 0 Å². The number of carbonyl (C=O) groups is 1. The van der Waals surface area contributed by atoms with Crippen molar-refractivity contribution < 1.29 is 14.6 Å². The van der Waals surface area contributed by atoms with Crippen LogP contribution < -0.4 is 0 Å². The summed E-state index contributed by atoms with van der Waals surface area (Å²) in [6.07, 6.45) is 1.35. The van der Waals surface area contributed by atoms with Gasteiger partial charge in [0.05, 0.1) is 22.4 Å². The molecule has 1 aromatic heterocycles. The fourth-order valence-electron chi connectivity index (χ4n) is 4.22. The fourth-order valence-corrected chi connectivity index (χ4v) is 4.22. The lowest BCUT2D eigenvalue weighted by Crippen LogP contribution is -2.59. The molecule has 0 radical (unpaired) electrons. The monoisotopic (exact) mass is 413 g/mol. The highest BCUT2D eigenvalue weighted by Gasteiger charge is 2.49. The smallest absolute Gasteiger partial charge is 0.337 e. The summed E-state index contributed by atoms with van der Waals surface area (Å²) in [4.78, 5) is 23.9. The Kier molecular flexibility index (Phi) is 6.48. The number of aromatic nitrogens is 2. The molecule has 2 heterocycles. The number of likely N-dealkylation sites (tertiary alicyclic amines) is 1. The summed E-state index contributed by atoms with van der Waals surface area (Å²) in [6, 6.07) is 6.15. The quantitative estimate of drug-likeness (QED) is 0.758. The van der Waals surface area contributed by atoms with E-state index in [9.17, 15) is 9.90 Å². The van der Waals surface area contributed by atoms with Gasteiger partial charge in [0.2, 0.25) is 0 Å². The van der Waals surface area contributed by atoms with Gasteiger partial charge >= 0.3 is 5.97 Å². The lowest BCUT2D eigenvalue weighted by Gasteiger charge is -2.47. The number of hydrogen-bond acceptors (Lipinski definition) is 5. The predicted molar refractivity (Wildman–Crippen MR) is 118 cm³/mol. The SMILES string of the molecule is CCCO[C@@]1(C(=O)O)C[C@@H](C(C)(C)C)CN(Cc2ccc3nc(C)c(C)nc3c2)C1. The summed E-state index contributed by atoms with van der Waals surface area (Å²) >= 11 is 0. The van der Waals surface area contributed by atoms with Crippen LogP contribution >= 0.6 is 0 Å². The molecule has 1 saturated heterocycles. The number of nitrogens with zero attached hydrogens (tertiary/aromatic N) is 3. The maximum absolute atomic E-state index is 12.3. The molecule has 6 heteroatoms. The van der Waals surface area contributed by atoms with Crippen molar-refractivity contribution in [1.82, 2.24) is 14.9 Å². The summed E-state index contributed by atoms with van der Waals surface area (Å²) < 4.78 is 6.01. The molecular weight excluding hydrogens is 378 g/mol. The summed E-state index contributed by atoms with van der Waals surface area (Å²) in [5, 5.41) is 10.1. The molecule has 3 rings (SSSR count). The van der Waals surface area contributed by atoms with Crippen LogP contribution in [-0.2, 0) is 16.1 Å². The number of fused-ring (bicyclic) bond motifs is 1. The lowest BCUT2D eigenvalue weighted by atomic mass is 9.71. The average molecular weight is 414 g/mol. The van der Waals surface area contributed by atoms with Gasteiger partial charge in [-0.2, -0.15) is 0 Å². The molecule has 2 aromatic rings. The molecule has 0 amide bonds. The van der Waals surface area contributed by atoms with Crippen LogP contribution in [0.5, 0.6) is 0 Å². The van der Waals surface area contributed by atoms with Crippen LogP contribution in [0.3, 0.4) is 0 Å². The Morgan fingerprint density at radius 3 is 2.50 bits per heavy atom. The zero-order valence-corrected chi connectivity index (χ0v) is 19.2. The van der Waals surface area contributed by atoms with Crippen LogP contribution in [0.2, 0.25) is 0 Å². The second-order valence-corrected chi connectivity index (χ2v) is 9.80. The molecular formula is C24H35N3O3. The van der Waals surface area contributed by atoms with Gasteiger partial charge in [-0.3, -0.25) is 4.90 Å². The van der Waals surface area contributed by atoms with Gasteiger partial charge in [-0.1, -0.05) is 33.8 Å². The third-order valence-electron chi connectivity index (χ3n) is 6.28. The summed E-state index contributed by atoms with van der Waals surface area (Å²) in [5.74, 6) is -0.630. The van der Waals surface area contributed by atoms with Crippen molar-refractivity contribution in [2.24, 2.45) is 11.3 Å². The maximum Gasteiger partial charge on any atom is 0.337 e. The number of benzene rings is 1. The predicted octanol–water partition coefficient (Wildman–Crippen LogP) is 4.36. The maximum atomic E-state index is 12.3. The molecule has 1 aliphatic heterocycles. The van der Waals surface area contributed by atoms with E-state index in [-0.39, 0.29) is 11.3 Å². The fraction of sp³-hybridized carbons (Fsp3) is 0.625. The summed E-state index contributed by atoms with van der Waals surface area (Å²) in [7, 11) is 0. The van der Waals surface area contributed by atoms with E-state index in [0.29, 0.717) is 26.1 Å². The number of carboxylic acids is 1. The molecule has 0 bridgehead atoms. The van der Waals surface area contributed by atoms with Crippen molar-refractivity contribution in [1.29, 1.82) is 0 Å². The number of aryl methyl sites for hydroxylation is 2. The van der Waals surface area contributed by atoms with Crippen LogP contribution in [0.25, 0.3) is 11.0 Å². The average Bonchev–Trinajstić information content (AvgIpc) is 2.66. The van der Waals surface area contributed by atoms with E-state index in [0.717, 1.165) is 41.0 Å². The van der Waals surface area contributed by atoms with Crippen molar-refractivity contribution in [3.8, 4) is 0 Å². The highest BCUT2D eigenvalue weighted by Crippen LogP contribution is 2.39. The van der Waals surface area contributed by atoms with Crippen LogP contribution in [0.1, 0.15) is 57.5 Å². The third kappa shape index (κ3) is 4.81. The van der Waals surface area contributed by atoms with Gasteiger partial charge in [0.15, 0.2) is 5.60 Å². The van der Waals surface area contributed by atoms with Crippen molar-refractivity contribution >= 4 is 17.0 Å². The normalized spacial score (nSPS) is 23.1. The highest BCUT2D eigenvalue weighted by molar-refractivity contribution is 5.78. The molecule has 1 N–H and O–H groups in total. The van der Waals surface area contributed by atoms with E-state index in [1.807, 2.05) is 26.8 Å². The van der Waals surface area contributed by atoms with Gasteiger partial charge in [-0.05, 0) is 55.7 Å². The number of aliphatic carboxylic acids is 1. The van der Waals surface area contributed by atoms with Gasteiger partial charge in [0, 0.05) is 26.2 Å². The molecule has 0 aliphatic carbocycles. The van der Waals surface area contributed by atoms with Crippen LogP contribution in [0, 0.1) is 25.2 Å². The molecule has 0 spiro atoms. The molecule has 0 unspecified atom stereocenters. The Balaban J connectivity index is 1.90. The first-order chi connectivity index (χ1) is 14.0. The van der Waals surface area contributed by atoms with Crippen molar-refractivity contribution in [2.45, 2.75) is 66.5 Å². The molecule has 2 atom stereocenters. The zero-order valence-electron chi connectivity index (χ0n) is 19.2. The van der Waals surface area contributed by atoms with Crippen LogP contribution in [-0.4, -0.2) is 51.2 Å². The Bertz CT molecular complexity index is 922. The first-order valence-electron chi connectivity index (χ1n) is 10.9. The minimum atomic E-state index is -1.16. The second-order valence-electron chi connectivity index (χ2n) is 9.80. The summed E-state index contributed by atoms with van der Waals surface area (Å²) in [6.45, 7) is 14.9. The van der Waals surface area contributed by atoms with E-state index >= 15 is 0 Å². The molecule has 0 saturated carbocycles. The van der Waals surface area contributed by atoms with E-state index in [1.54, 1.807) is 0 Å². The van der Waals surface area contributed by atoms with Crippen LogP contribution in [0.4, 0.5) is 0 Å². The number of hydrogen-bond donors (Lipinski definition) is 1. The molecule has 1 aliphatic rings. The Hall–Kier alpha value is -2.05. The molecule has 1 fully saturated rings. The third-order valence-corrected chi connectivity index (χ3v) is 6.28. The van der Waals surface area contributed by atoms with Crippen LogP contribution in [0.15, 0.2) is 18.2 Å². The molecule has 1 aromatic carbocycles. The van der Waals surface area contributed by atoms with Crippen molar-refractivity contribution in [2.75, 3.05) is 19.7 Å². The van der Waals surface area contributed by atoms with Gasteiger partial charge in [-0.15, -0.1) is 0 Å². The minimum absolute atomic E-state index is 0.00154. The van der Waals surface area contributed by atoms with E-state index in [2.05, 4.69) is 47.8 Å². The number of ether oxygens (including phenoxy) is 1. The molecule has 6 nitrogen and oxygen atoms in total. The Morgan fingerprint density at radius 1 is 1.23 bits per heavy atom. The van der Waals surface area contributed by atoms with Crippen molar-refractivity contribution in [3.05, 3.63) is 35.2 Å². The highest BCUT2D eigenvalue weighted by atomic mass is 16.5. The molecule has 30 heavy (non-hydrogen) atoms. The van der Waals surface area contributed by atoms with Crippen molar-refractivity contribution in [3.63, 3.8) is 0 Å². The number of carboxylic acid groups (broad SMARTS) is 1. The zero-order chi connectivity index (χ0) is 22.1. The number of piperidine rings is 1. The lowest BCUT2D eigenvalue weighted by molar-refractivity contribution is -0.181. The standard InChI is InChI=1S/C24H35N3O3/c1-7-10-30-24(22(28)29)12-19(23(4,5)6)14-27(15-24)13-18-8-9-20-21(11-18)26-17(3)16(2)25-20/h8-9,11,19H,7,10,12-15H2,1-6H3,(H,28,29)/t19-,24+/m1/s1. The minimum Gasteiger partial charge on any atom is -0.479 e.